The van der Waals surface area contributed by atoms with Gasteiger partial charge in [0.2, 0.25) is 5.91 Å². The molecule has 2 bridgehead atoms. The van der Waals surface area contributed by atoms with Crippen molar-refractivity contribution in [3.8, 4) is 0 Å². The maximum atomic E-state index is 12.4. The number of amides is 4. The molecular weight excluding hydrogens is 455 g/mol. The minimum Gasteiger partial charge on any atom is -0.316 e. The molecule has 174 valence electrons. The van der Waals surface area contributed by atoms with Crippen LogP contribution in [0.15, 0.2) is 0 Å². The molecule has 0 spiro atoms. The maximum Gasteiger partial charge on any atom is 0.492 e. The average Bonchev–Trinajstić information content (AvgIpc) is 3.29. The Bertz CT molecular complexity index is 876. The Labute approximate surface area is 173 Å². The molecule has 0 aliphatic carbocycles. The number of hydrogen-bond acceptors (Lipinski definition) is 9. The van der Waals surface area contributed by atoms with Gasteiger partial charge in [-0.3, -0.25) is 20.4 Å². The minimum absolute atomic E-state index is 0.0591. The van der Waals surface area contributed by atoms with Gasteiger partial charge in [0.25, 0.3) is 5.91 Å². The number of hydroxylamine groups is 2. The van der Waals surface area contributed by atoms with Crippen molar-refractivity contribution in [3.63, 3.8) is 0 Å². The summed E-state index contributed by atoms with van der Waals surface area (Å²) in [7, 11) is -5.54. The van der Waals surface area contributed by atoms with Gasteiger partial charge < -0.3 is 14.4 Å². The molecule has 13 nitrogen and oxygen atoms in total. The molecule has 0 aromatic carbocycles. The van der Waals surface area contributed by atoms with Crippen LogP contribution in [0.4, 0.5) is 18.0 Å². The van der Waals surface area contributed by atoms with E-state index in [2.05, 4.69) is 24.6 Å². The first-order valence-electron chi connectivity index (χ1n) is 9.04. The zero-order chi connectivity index (χ0) is 23.0. The van der Waals surface area contributed by atoms with Gasteiger partial charge in [-0.2, -0.15) is 26.7 Å². The summed E-state index contributed by atoms with van der Waals surface area (Å²) in [5, 5.41) is 3.23. The van der Waals surface area contributed by atoms with Crippen molar-refractivity contribution in [2.24, 2.45) is 5.92 Å². The van der Waals surface area contributed by atoms with Gasteiger partial charge in [0, 0.05) is 13.1 Å². The number of nitrogens with one attached hydrogen (secondary N) is 3. The number of nitrogens with zero attached hydrogens (tertiary/aromatic N) is 2. The molecule has 3 N–H and O–H groups in total. The van der Waals surface area contributed by atoms with E-state index in [0.717, 1.165) is 4.90 Å². The quantitative estimate of drug-likeness (QED) is 0.395. The fourth-order valence-electron chi connectivity index (χ4n) is 3.44. The summed E-state index contributed by atoms with van der Waals surface area (Å²) in [6.07, 6.45) is -4.88. The third-order valence-corrected chi connectivity index (χ3v) is 5.64. The lowest BCUT2D eigenvalue weighted by Gasteiger charge is -2.29. The highest BCUT2D eigenvalue weighted by atomic mass is 32.3. The van der Waals surface area contributed by atoms with Crippen molar-refractivity contribution in [1.29, 1.82) is 0 Å². The van der Waals surface area contributed by atoms with Crippen LogP contribution in [0.3, 0.4) is 0 Å². The second-order valence-electron chi connectivity index (χ2n) is 7.03. The third-order valence-electron chi connectivity index (χ3n) is 4.95. The number of hydrazine groups is 1. The van der Waals surface area contributed by atoms with Crippen molar-refractivity contribution in [3.05, 3.63) is 0 Å². The van der Waals surface area contributed by atoms with Gasteiger partial charge in [-0.1, -0.05) is 0 Å². The zero-order valence-corrected chi connectivity index (χ0v) is 16.5. The molecule has 31 heavy (non-hydrogen) atoms. The first kappa shape index (κ1) is 23.0. The molecular formula is C14H18F3N5O8S. The van der Waals surface area contributed by atoms with E-state index in [1.165, 1.54) is 0 Å². The maximum absolute atomic E-state index is 12.4. The van der Waals surface area contributed by atoms with Crippen LogP contribution in [0.5, 0.6) is 0 Å². The molecule has 3 atom stereocenters. The molecule has 0 saturated carbocycles. The normalized spacial score (nSPS) is 26.0. The van der Waals surface area contributed by atoms with Crippen molar-refractivity contribution < 1.29 is 49.2 Å². The van der Waals surface area contributed by atoms with Gasteiger partial charge in [-0.15, -0.1) is 4.28 Å². The van der Waals surface area contributed by atoms with Gasteiger partial charge in [0.15, 0.2) is 0 Å². The van der Waals surface area contributed by atoms with E-state index >= 15 is 0 Å². The highest BCUT2D eigenvalue weighted by molar-refractivity contribution is 7.82. The van der Waals surface area contributed by atoms with Crippen molar-refractivity contribution in [2.75, 3.05) is 19.6 Å². The summed E-state index contributed by atoms with van der Waals surface area (Å²) in [5.74, 6) is -4.51. The van der Waals surface area contributed by atoms with Crippen LogP contribution in [0, 0.1) is 5.92 Å². The number of piperidine rings is 1. The summed E-state index contributed by atoms with van der Waals surface area (Å²) in [6.45, 7) is 0.951. The fourth-order valence-corrected chi connectivity index (χ4v) is 4.14. The van der Waals surface area contributed by atoms with E-state index in [1.807, 2.05) is 0 Å². The van der Waals surface area contributed by atoms with Crippen LogP contribution in [0.25, 0.3) is 0 Å². The second kappa shape index (κ2) is 8.46. The summed E-state index contributed by atoms with van der Waals surface area (Å²) in [4.78, 5) is 48.4. The standard InChI is InChI=1S/C14H18F3N5O8S/c15-14(16,17)12(25)29-31(27,28)30-22-8-1-2-9(21(6-8)13(22)26)11(24)20-19-10(23)7-3-4-18-5-7/h7-9,18H,1-6H2,(H,19,23)(H,20,24)/t7?,8-,9+/m1/s1. The molecule has 0 aromatic heterocycles. The number of alkyl halides is 3. The van der Waals surface area contributed by atoms with Gasteiger partial charge in [-0.05, 0) is 25.8 Å². The number of rotatable bonds is 5. The van der Waals surface area contributed by atoms with Crippen LogP contribution in [0.2, 0.25) is 0 Å². The average molecular weight is 473 g/mol. The molecule has 3 heterocycles. The summed E-state index contributed by atoms with van der Waals surface area (Å²) in [6, 6.07) is -3.12. The molecule has 0 radical (unpaired) electrons. The van der Waals surface area contributed by atoms with Crippen LogP contribution in [-0.2, 0) is 33.2 Å². The summed E-state index contributed by atoms with van der Waals surface area (Å²) < 4.78 is 67.3. The molecule has 3 aliphatic heterocycles. The highest BCUT2D eigenvalue weighted by Gasteiger charge is 2.51. The second-order valence-corrected chi connectivity index (χ2v) is 8.16. The molecule has 3 aliphatic rings. The Hall–Kier alpha value is -2.66. The van der Waals surface area contributed by atoms with Gasteiger partial charge >= 0.3 is 28.6 Å². The summed E-state index contributed by atoms with van der Waals surface area (Å²) >= 11 is 0. The monoisotopic (exact) mass is 473 g/mol. The SMILES string of the molecule is O=C(NNC(=O)[C@@H]1CC[C@@H]2CN1C(=O)N2OS(=O)(=O)OC(=O)C(F)(F)F)C1CCNC1. The van der Waals surface area contributed by atoms with Crippen LogP contribution in [0.1, 0.15) is 19.3 Å². The number of carbonyl (C=O) groups excluding carboxylic acids is 4. The van der Waals surface area contributed by atoms with Crippen LogP contribution >= 0.6 is 0 Å². The van der Waals surface area contributed by atoms with Crippen molar-refractivity contribution in [2.45, 2.75) is 37.5 Å². The van der Waals surface area contributed by atoms with E-state index in [9.17, 15) is 40.8 Å². The Balaban J connectivity index is 1.58. The van der Waals surface area contributed by atoms with Crippen LogP contribution < -0.4 is 16.2 Å². The van der Waals surface area contributed by atoms with E-state index in [1.54, 1.807) is 0 Å². The summed E-state index contributed by atoms with van der Waals surface area (Å²) in [5.41, 5.74) is 4.46. The molecule has 0 aromatic rings. The first-order valence-corrected chi connectivity index (χ1v) is 10.4. The van der Waals surface area contributed by atoms with Crippen molar-refractivity contribution >= 4 is 34.2 Å². The molecule has 3 fully saturated rings. The minimum atomic E-state index is -5.59. The lowest BCUT2D eigenvalue weighted by molar-refractivity contribution is -0.191. The number of urea groups is 1. The largest absolute Gasteiger partial charge is 0.492 e. The lowest BCUT2D eigenvalue weighted by Crippen LogP contribution is -2.55. The molecule has 3 rings (SSSR count). The predicted octanol–water partition coefficient (Wildman–Crippen LogP) is -1.71. The molecule has 4 amide bonds. The van der Waals surface area contributed by atoms with E-state index in [4.69, 9.17) is 0 Å². The van der Waals surface area contributed by atoms with Gasteiger partial charge in [0.05, 0.1) is 12.0 Å². The van der Waals surface area contributed by atoms with E-state index in [0.29, 0.717) is 19.5 Å². The molecule has 3 saturated heterocycles. The number of fused-ring (bicyclic) bond motifs is 2. The topological polar surface area (TPSA) is 163 Å². The van der Waals surface area contributed by atoms with Gasteiger partial charge in [-0.25, -0.2) is 9.59 Å². The first-order chi connectivity index (χ1) is 14.4. The highest BCUT2D eigenvalue weighted by Crippen LogP contribution is 2.31. The number of hydrogen-bond donors (Lipinski definition) is 3. The Morgan fingerprint density at radius 2 is 1.77 bits per heavy atom. The van der Waals surface area contributed by atoms with Crippen molar-refractivity contribution in [1.82, 2.24) is 26.1 Å². The Morgan fingerprint density at radius 1 is 1.10 bits per heavy atom. The lowest BCUT2D eigenvalue weighted by atomic mass is 10.0. The Morgan fingerprint density at radius 3 is 2.39 bits per heavy atom. The fraction of sp³-hybridized carbons (Fsp3) is 0.714. The van der Waals surface area contributed by atoms with E-state index < -0.39 is 52.5 Å². The Kier molecular flexibility index (Phi) is 6.28. The van der Waals surface area contributed by atoms with E-state index in [-0.39, 0.29) is 30.4 Å². The van der Waals surface area contributed by atoms with Gasteiger partial charge in [0.1, 0.15) is 6.04 Å². The number of halogens is 3. The smallest absolute Gasteiger partial charge is 0.316 e. The third kappa shape index (κ3) is 5.16. The molecule has 17 heteroatoms. The zero-order valence-electron chi connectivity index (χ0n) is 15.7. The van der Waals surface area contributed by atoms with Crippen LogP contribution in [-0.4, -0.2) is 80.1 Å². The predicted molar refractivity (Wildman–Crippen MR) is 90.2 cm³/mol. The number of carbonyl (C=O) groups is 4. The molecule has 1 unspecified atom stereocenters.